The van der Waals surface area contributed by atoms with Crippen molar-refractivity contribution in [1.82, 2.24) is 19.9 Å². The minimum Gasteiger partial charge on any atom is -0.354 e. The van der Waals surface area contributed by atoms with E-state index in [2.05, 4.69) is 162 Å². The van der Waals surface area contributed by atoms with E-state index in [1.54, 1.807) is 12.1 Å². The SMILES string of the molecule is Cc1ccc(C2=c3ccc([nH]3)=C(c3ccc(C)cc3)c3ccc([nH]3)C(c3ccc(S(=O)(=O)O)cc3)=c3ccc([nH]3)=C(c3ccc(C)cc3)c3ccc2[nH]3)cc1. The number of aryl methyl sites for hydroxylation is 3. The van der Waals surface area contributed by atoms with Gasteiger partial charge >= 0.3 is 0 Å². The smallest absolute Gasteiger partial charge is 0.294 e. The molecular weight excluding hydrogens is 701 g/mol. The fourth-order valence-corrected chi connectivity index (χ4v) is 8.01. The fourth-order valence-electron chi connectivity index (χ4n) is 7.53. The molecule has 0 atom stereocenters. The van der Waals surface area contributed by atoms with Crippen molar-refractivity contribution < 1.29 is 13.0 Å². The maximum atomic E-state index is 12.0. The van der Waals surface area contributed by atoms with E-state index < -0.39 is 10.1 Å². The molecule has 8 aromatic rings. The van der Waals surface area contributed by atoms with E-state index in [1.165, 1.54) is 28.8 Å². The number of hydrogen-bond acceptors (Lipinski definition) is 2. The van der Waals surface area contributed by atoms with Crippen molar-refractivity contribution in [3.63, 3.8) is 0 Å². The van der Waals surface area contributed by atoms with E-state index in [9.17, 15) is 13.0 Å². The lowest BCUT2D eigenvalue weighted by Gasteiger charge is -2.10. The third-order valence-corrected chi connectivity index (χ3v) is 11.2. The molecular formula is C47H38N4O3S. The molecule has 0 unspecified atom stereocenters. The average molecular weight is 739 g/mol. The number of rotatable bonds is 5. The van der Waals surface area contributed by atoms with Crippen molar-refractivity contribution in [2.75, 3.05) is 0 Å². The summed E-state index contributed by atoms with van der Waals surface area (Å²) < 4.78 is 33.8. The summed E-state index contributed by atoms with van der Waals surface area (Å²) in [6.45, 7) is 6.27. The average Bonchev–Trinajstić information content (AvgIpc) is 4.01. The molecule has 0 radical (unpaired) electrons. The molecule has 270 valence electrons. The molecule has 0 aliphatic carbocycles. The number of H-pyrrole nitrogens is 4. The summed E-state index contributed by atoms with van der Waals surface area (Å²) in [6.07, 6.45) is 0. The highest BCUT2D eigenvalue weighted by Gasteiger charge is 2.19. The van der Waals surface area contributed by atoms with Gasteiger partial charge in [0.05, 0.1) is 4.90 Å². The maximum absolute atomic E-state index is 12.0. The summed E-state index contributed by atoms with van der Waals surface area (Å²) >= 11 is 0. The second-order valence-corrected chi connectivity index (χ2v) is 15.7. The number of hydrogen-bond donors (Lipinski definition) is 5. The van der Waals surface area contributed by atoms with E-state index >= 15 is 0 Å². The zero-order valence-corrected chi connectivity index (χ0v) is 31.3. The lowest BCUT2D eigenvalue weighted by atomic mass is 10.0. The van der Waals surface area contributed by atoms with Crippen LogP contribution in [0.5, 0.6) is 0 Å². The monoisotopic (exact) mass is 738 g/mol. The number of fused-ring (bicyclic) bond motifs is 8. The molecule has 0 amide bonds. The minimum atomic E-state index is -4.37. The van der Waals surface area contributed by atoms with E-state index in [4.69, 9.17) is 0 Å². The van der Waals surface area contributed by atoms with Gasteiger partial charge in [-0.1, -0.05) is 102 Å². The Morgan fingerprint density at radius 3 is 0.855 bits per heavy atom. The van der Waals surface area contributed by atoms with E-state index in [-0.39, 0.29) is 4.90 Å². The molecule has 7 nitrogen and oxygen atoms in total. The topological polar surface area (TPSA) is 118 Å². The first-order valence-electron chi connectivity index (χ1n) is 18.1. The maximum Gasteiger partial charge on any atom is 0.294 e. The summed E-state index contributed by atoms with van der Waals surface area (Å²) in [6, 6.07) is 48.9. The van der Waals surface area contributed by atoms with Crippen LogP contribution in [0.3, 0.4) is 0 Å². The van der Waals surface area contributed by atoms with Gasteiger partial charge in [0, 0.05) is 66.5 Å². The van der Waals surface area contributed by atoms with Gasteiger partial charge in [-0.05, 0) is 104 Å². The molecule has 0 spiro atoms. The van der Waals surface area contributed by atoms with Crippen LogP contribution in [0.4, 0.5) is 0 Å². The summed E-state index contributed by atoms with van der Waals surface area (Å²) in [5.41, 5.74) is 15.0. The quantitative estimate of drug-likeness (QED) is 0.130. The molecule has 4 aromatic heterocycles. The molecule has 8 bridgehead atoms. The first-order valence-corrected chi connectivity index (χ1v) is 19.6. The summed E-state index contributed by atoms with van der Waals surface area (Å²) in [4.78, 5) is 15.0. The zero-order chi connectivity index (χ0) is 37.8. The van der Waals surface area contributed by atoms with E-state index in [0.29, 0.717) is 0 Å². The highest BCUT2D eigenvalue weighted by atomic mass is 32.2. The van der Waals surface area contributed by atoms with E-state index in [0.717, 1.165) is 88.7 Å². The Kier molecular flexibility index (Phi) is 8.30. The summed E-state index contributed by atoms with van der Waals surface area (Å²) in [5, 5.41) is 3.66. The van der Waals surface area contributed by atoms with Crippen molar-refractivity contribution in [1.29, 1.82) is 0 Å². The highest BCUT2D eigenvalue weighted by Crippen LogP contribution is 2.28. The molecule has 1 aliphatic rings. The number of aromatic nitrogens is 4. The Balaban J connectivity index is 1.41. The number of nitrogens with one attached hydrogen (secondary N) is 4. The number of benzene rings is 4. The number of aromatic amines is 4. The first kappa shape index (κ1) is 34.2. The van der Waals surface area contributed by atoms with Gasteiger partial charge in [-0.3, -0.25) is 4.55 Å². The van der Waals surface area contributed by atoms with Crippen molar-refractivity contribution in [2.24, 2.45) is 0 Å². The predicted molar refractivity (Wildman–Crippen MR) is 218 cm³/mol. The van der Waals surface area contributed by atoms with Crippen LogP contribution in [-0.2, 0) is 10.1 Å². The van der Waals surface area contributed by atoms with Gasteiger partial charge in [0.15, 0.2) is 0 Å². The summed E-state index contributed by atoms with van der Waals surface area (Å²) in [7, 11) is -4.37. The van der Waals surface area contributed by atoms with Crippen molar-refractivity contribution in [3.8, 4) is 0 Å². The van der Waals surface area contributed by atoms with Crippen molar-refractivity contribution in [2.45, 2.75) is 25.7 Å². The Labute approximate surface area is 318 Å². The summed E-state index contributed by atoms with van der Waals surface area (Å²) in [5.74, 6) is 0. The second-order valence-electron chi connectivity index (χ2n) is 14.2. The molecule has 5 heterocycles. The normalized spacial score (nSPS) is 13.1. The molecule has 8 heteroatoms. The zero-order valence-electron chi connectivity index (χ0n) is 30.5. The molecule has 5 N–H and O–H groups in total. The van der Waals surface area contributed by atoms with Crippen LogP contribution in [-0.4, -0.2) is 32.9 Å². The van der Waals surface area contributed by atoms with Gasteiger partial charge in [0.1, 0.15) is 0 Å². The Hall–Kier alpha value is -6.61. The largest absolute Gasteiger partial charge is 0.354 e. The molecule has 0 fully saturated rings. The van der Waals surface area contributed by atoms with Gasteiger partial charge in [0.2, 0.25) is 0 Å². The van der Waals surface area contributed by atoms with E-state index in [1.807, 2.05) is 0 Å². The standard InChI is InChI=1S/C47H38N4O3S/c1-28-4-10-31(11-5-28)44-36-20-22-38(48-36)45(32-12-6-29(2)7-13-32)40-24-26-42(50-40)47(34-16-18-35(19-17-34)55(52,53)54)43-27-25-41(51-43)46(39-23-21-37(44)49-39)33-14-8-30(3)9-15-33/h4-27,48-51H,1-3H3,(H,52,53,54). The minimum absolute atomic E-state index is 0.165. The third-order valence-electron chi connectivity index (χ3n) is 10.4. The Bertz CT molecular complexity index is 3100. The van der Waals surface area contributed by atoms with Crippen LogP contribution in [0, 0.1) is 20.8 Å². The van der Waals surface area contributed by atoms with Gasteiger partial charge in [-0.2, -0.15) is 8.42 Å². The Morgan fingerprint density at radius 1 is 0.345 bits per heavy atom. The highest BCUT2D eigenvalue weighted by molar-refractivity contribution is 7.85. The third kappa shape index (κ3) is 6.41. The lowest BCUT2D eigenvalue weighted by molar-refractivity contribution is 0.483. The molecule has 4 aromatic carbocycles. The van der Waals surface area contributed by atoms with Gasteiger partial charge in [-0.25, -0.2) is 0 Å². The second kappa shape index (κ2) is 13.4. The molecule has 1 aliphatic heterocycles. The lowest BCUT2D eigenvalue weighted by Crippen LogP contribution is -2.19. The first-order chi connectivity index (χ1) is 26.6. The van der Waals surface area contributed by atoms with Crippen LogP contribution >= 0.6 is 0 Å². The van der Waals surface area contributed by atoms with Gasteiger partial charge < -0.3 is 19.9 Å². The van der Waals surface area contributed by atoms with Gasteiger partial charge in [0.25, 0.3) is 10.1 Å². The molecule has 55 heavy (non-hydrogen) atoms. The van der Waals surface area contributed by atoms with Crippen LogP contribution in [0.2, 0.25) is 0 Å². The van der Waals surface area contributed by atoms with Crippen molar-refractivity contribution >= 4 is 32.4 Å². The van der Waals surface area contributed by atoms with Crippen molar-refractivity contribution in [3.05, 3.63) is 229 Å². The predicted octanol–water partition coefficient (Wildman–Crippen LogP) is 6.47. The fraction of sp³-hybridized carbons (Fsp3) is 0.0638. The van der Waals surface area contributed by atoms with Crippen LogP contribution in [0.1, 0.15) is 61.7 Å². The molecule has 0 saturated carbocycles. The van der Waals surface area contributed by atoms with Crippen LogP contribution < -0.4 is 21.4 Å². The molecule has 9 rings (SSSR count). The van der Waals surface area contributed by atoms with Crippen LogP contribution in [0.15, 0.2) is 150 Å². The Morgan fingerprint density at radius 2 is 0.600 bits per heavy atom. The van der Waals surface area contributed by atoms with Crippen LogP contribution in [0.25, 0.3) is 22.3 Å². The molecule has 0 saturated heterocycles. The van der Waals surface area contributed by atoms with Gasteiger partial charge in [-0.15, -0.1) is 0 Å².